The molecule has 0 radical (unpaired) electrons. The van der Waals surface area contributed by atoms with E-state index in [2.05, 4.69) is 58.5 Å². The molecule has 0 amide bonds. The van der Waals surface area contributed by atoms with Crippen molar-refractivity contribution in [1.82, 2.24) is 14.9 Å². The number of fused-ring (bicyclic) bond motifs is 2. The lowest BCUT2D eigenvalue weighted by Crippen LogP contribution is -2.27. The molecule has 3 aromatic rings. The van der Waals surface area contributed by atoms with Gasteiger partial charge in [0.25, 0.3) is 0 Å². The van der Waals surface area contributed by atoms with Crippen LogP contribution in [0.3, 0.4) is 0 Å². The highest BCUT2D eigenvalue weighted by Gasteiger charge is 2.12. The van der Waals surface area contributed by atoms with Crippen molar-refractivity contribution < 1.29 is 0 Å². The van der Waals surface area contributed by atoms with Crippen molar-refractivity contribution in [3.8, 4) is 11.3 Å². The maximum Gasteiger partial charge on any atom is 0.123 e. The number of rotatable bonds is 1. The lowest BCUT2D eigenvalue weighted by atomic mass is 10.1. The molecule has 1 aromatic heterocycles. The Hall–Kier alpha value is -2.13. The van der Waals surface area contributed by atoms with Crippen molar-refractivity contribution in [1.29, 1.82) is 0 Å². The average molecular weight is 249 g/mol. The maximum atomic E-state index is 4.73. The summed E-state index contributed by atoms with van der Waals surface area (Å²) in [6.45, 7) is 2.91. The van der Waals surface area contributed by atoms with Crippen molar-refractivity contribution in [3.05, 3.63) is 54.5 Å². The zero-order chi connectivity index (χ0) is 12.7. The second-order valence-corrected chi connectivity index (χ2v) is 4.97. The fourth-order valence-corrected chi connectivity index (χ4v) is 2.68. The molecule has 0 saturated carbocycles. The molecular weight excluding hydrogens is 234 g/mol. The third-order valence-corrected chi connectivity index (χ3v) is 3.72. The van der Waals surface area contributed by atoms with E-state index in [1.165, 1.54) is 16.3 Å². The van der Waals surface area contributed by atoms with Gasteiger partial charge in [-0.1, -0.05) is 36.4 Å². The Morgan fingerprint density at radius 1 is 1.05 bits per heavy atom. The SMILES string of the molecule is c1ccc2cc(-c3cn4c(n3)CNCC4)ccc2c1. The van der Waals surface area contributed by atoms with Crippen LogP contribution in [0.1, 0.15) is 5.82 Å². The van der Waals surface area contributed by atoms with Crippen molar-refractivity contribution in [2.45, 2.75) is 13.1 Å². The first-order valence-corrected chi connectivity index (χ1v) is 6.66. The second kappa shape index (κ2) is 4.21. The number of nitrogens with zero attached hydrogens (tertiary/aromatic N) is 2. The number of imidazole rings is 1. The molecule has 0 saturated heterocycles. The van der Waals surface area contributed by atoms with Crippen LogP contribution in [0.2, 0.25) is 0 Å². The summed E-state index contributed by atoms with van der Waals surface area (Å²) in [5, 5.41) is 5.89. The van der Waals surface area contributed by atoms with Crippen LogP contribution in [0.15, 0.2) is 48.7 Å². The summed E-state index contributed by atoms with van der Waals surface area (Å²) in [7, 11) is 0. The van der Waals surface area contributed by atoms with Gasteiger partial charge in [-0.25, -0.2) is 4.98 Å². The van der Waals surface area contributed by atoms with Crippen LogP contribution in [-0.4, -0.2) is 16.1 Å². The van der Waals surface area contributed by atoms with Gasteiger partial charge in [0.05, 0.1) is 12.2 Å². The topological polar surface area (TPSA) is 29.9 Å². The fourth-order valence-electron chi connectivity index (χ4n) is 2.68. The van der Waals surface area contributed by atoms with Crippen LogP contribution in [0.5, 0.6) is 0 Å². The van der Waals surface area contributed by atoms with Crippen molar-refractivity contribution in [2.75, 3.05) is 6.54 Å². The van der Waals surface area contributed by atoms with Gasteiger partial charge in [-0.05, 0) is 16.8 Å². The predicted octanol–water partition coefficient (Wildman–Crippen LogP) is 2.81. The average Bonchev–Trinajstić information content (AvgIpc) is 2.90. The minimum absolute atomic E-state index is 0.869. The third-order valence-electron chi connectivity index (χ3n) is 3.72. The maximum absolute atomic E-state index is 4.73. The molecule has 4 rings (SSSR count). The zero-order valence-electron chi connectivity index (χ0n) is 10.6. The molecule has 2 heterocycles. The monoisotopic (exact) mass is 249 g/mol. The largest absolute Gasteiger partial charge is 0.332 e. The predicted molar refractivity (Wildman–Crippen MR) is 76.9 cm³/mol. The minimum atomic E-state index is 0.869. The Morgan fingerprint density at radius 2 is 1.95 bits per heavy atom. The first kappa shape index (κ1) is 10.8. The van der Waals surface area contributed by atoms with Crippen LogP contribution in [0.4, 0.5) is 0 Å². The van der Waals surface area contributed by atoms with Crippen LogP contribution in [-0.2, 0) is 13.1 Å². The summed E-state index contributed by atoms with van der Waals surface area (Å²) in [6.07, 6.45) is 2.17. The number of hydrogen-bond acceptors (Lipinski definition) is 2. The highest BCUT2D eigenvalue weighted by atomic mass is 15.1. The normalized spacial score (nSPS) is 14.5. The minimum Gasteiger partial charge on any atom is -0.332 e. The molecule has 0 spiro atoms. The molecule has 0 aliphatic carbocycles. The van der Waals surface area contributed by atoms with Gasteiger partial charge in [-0.15, -0.1) is 0 Å². The Balaban J connectivity index is 1.83. The van der Waals surface area contributed by atoms with E-state index in [9.17, 15) is 0 Å². The van der Waals surface area contributed by atoms with Gasteiger partial charge in [0.1, 0.15) is 5.82 Å². The van der Waals surface area contributed by atoms with Gasteiger partial charge in [0.2, 0.25) is 0 Å². The molecule has 2 aromatic carbocycles. The molecule has 94 valence electrons. The standard InChI is InChI=1S/C16H15N3/c1-2-4-13-9-14(6-5-12(13)3-1)15-11-19-8-7-17-10-16(19)18-15/h1-6,9,11,17H,7-8,10H2. The highest BCUT2D eigenvalue weighted by molar-refractivity contribution is 5.86. The molecule has 19 heavy (non-hydrogen) atoms. The molecule has 0 unspecified atom stereocenters. The molecule has 1 aliphatic rings. The Morgan fingerprint density at radius 3 is 2.84 bits per heavy atom. The van der Waals surface area contributed by atoms with Crippen molar-refractivity contribution >= 4 is 10.8 Å². The molecule has 1 N–H and O–H groups in total. The van der Waals surface area contributed by atoms with E-state index in [1.807, 2.05) is 0 Å². The molecular formula is C16H15N3. The van der Waals surface area contributed by atoms with E-state index in [1.54, 1.807) is 0 Å². The molecule has 0 bridgehead atoms. The zero-order valence-corrected chi connectivity index (χ0v) is 10.6. The molecule has 3 heteroatoms. The summed E-state index contributed by atoms with van der Waals surface area (Å²) >= 11 is 0. The first-order valence-electron chi connectivity index (χ1n) is 6.66. The summed E-state index contributed by atoms with van der Waals surface area (Å²) in [5.41, 5.74) is 2.27. The number of hydrogen-bond donors (Lipinski definition) is 1. The summed E-state index contributed by atoms with van der Waals surface area (Å²) < 4.78 is 2.25. The molecule has 1 aliphatic heterocycles. The van der Waals surface area contributed by atoms with Gasteiger partial charge < -0.3 is 9.88 Å². The van der Waals surface area contributed by atoms with Crippen LogP contribution >= 0.6 is 0 Å². The van der Waals surface area contributed by atoms with E-state index < -0.39 is 0 Å². The van der Waals surface area contributed by atoms with E-state index >= 15 is 0 Å². The number of benzene rings is 2. The summed E-state index contributed by atoms with van der Waals surface area (Å²) in [6, 6.07) is 15.0. The van der Waals surface area contributed by atoms with Crippen molar-refractivity contribution in [3.63, 3.8) is 0 Å². The number of nitrogens with one attached hydrogen (secondary N) is 1. The highest BCUT2D eigenvalue weighted by Crippen LogP contribution is 2.24. The lowest BCUT2D eigenvalue weighted by Gasteiger charge is -2.13. The van der Waals surface area contributed by atoms with Gasteiger partial charge in [0, 0.05) is 24.8 Å². The molecule has 0 fully saturated rings. The lowest BCUT2D eigenvalue weighted by molar-refractivity contribution is 0.505. The van der Waals surface area contributed by atoms with E-state index in [4.69, 9.17) is 4.98 Å². The fraction of sp³-hybridized carbons (Fsp3) is 0.188. The van der Waals surface area contributed by atoms with E-state index in [0.29, 0.717) is 0 Å². The molecule has 0 atom stereocenters. The third kappa shape index (κ3) is 1.83. The van der Waals surface area contributed by atoms with Gasteiger partial charge in [-0.3, -0.25) is 0 Å². The van der Waals surface area contributed by atoms with E-state index in [0.717, 1.165) is 31.2 Å². The first-order chi connectivity index (χ1) is 9.40. The smallest absolute Gasteiger partial charge is 0.123 e. The Bertz CT molecular complexity index is 719. The number of aromatic nitrogens is 2. The summed E-state index contributed by atoms with van der Waals surface area (Å²) in [5.74, 6) is 1.13. The van der Waals surface area contributed by atoms with Crippen LogP contribution in [0.25, 0.3) is 22.0 Å². The van der Waals surface area contributed by atoms with Crippen molar-refractivity contribution in [2.24, 2.45) is 0 Å². The van der Waals surface area contributed by atoms with Gasteiger partial charge in [-0.2, -0.15) is 0 Å². The quantitative estimate of drug-likeness (QED) is 0.718. The van der Waals surface area contributed by atoms with Gasteiger partial charge in [0.15, 0.2) is 0 Å². The molecule has 3 nitrogen and oxygen atoms in total. The Labute approximate surface area is 111 Å². The second-order valence-electron chi connectivity index (χ2n) is 4.97. The Kier molecular flexibility index (Phi) is 2.38. The summed E-state index contributed by atoms with van der Waals surface area (Å²) in [4.78, 5) is 4.73. The van der Waals surface area contributed by atoms with Gasteiger partial charge >= 0.3 is 0 Å². The van der Waals surface area contributed by atoms with E-state index in [-0.39, 0.29) is 0 Å². The van der Waals surface area contributed by atoms with Crippen LogP contribution in [0, 0.1) is 0 Å². The van der Waals surface area contributed by atoms with Crippen LogP contribution < -0.4 is 5.32 Å².